The predicted octanol–water partition coefficient (Wildman–Crippen LogP) is 6.00. The Morgan fingerprint density at radius 1 is 0.972 bits per heavy atom. The van der Waals surface area contributed by atoms with Gasteiger partial charge in [-0.2, -0.15) is 18.3 Å². The van der Waals surface area contributed by atoms with Gasteiger partial charge in [0.15, 0.2) is 11.5 Å². The maximum atomic E-state index is 13.0. The average molecular weight is 632 g/mol. The highest BCUT2D eigenvalue weighted by atomic mass is 127. The number of alkyl halides is 3. The zero-order chi connectivity index (χ0) is 26.5. The molecule has 0 bridgehead atoms. The first-order valence-corrected chi connectivity index (χ1v) is 11.5. The summed E-state index contributed by atoms with van der Waals surface area (Å²) in [5.74, 6) is -0.381. The minimum Gasteiger partial charge on any atom is -0.493 e. The van der Waals surface area contributed by atoms with E-state index in [0.717, 1.165) is 18.3 Å². The standard InChI is InChI=1S/C24H18ClF3IN3O4/c1-35-20-8-4-14(10-21(20)36-2)22(33)31-19-7-5-15(29)11-16(19)23(34)32-30-12-13-3-6-18(25)17(9-13)24(26,27)28/h3-12H,1-2H3,(H,31,33)(H,32,34)/b30-12+. The second kappa shape index (κ2) is 11.6. The molecule has 3 aromatic carbocycles. The van der Waals surface area contributed by atoms with E-state index in [4.69, 9.17) is 21.1 Å². The van der Waals surface area contributed by atoms with E-state index in [1.165, 1.54) is 38.5 Å². The Bertz CT molecular complexity index is 1330. The van der Waals surface area contributed by atoms with Crippen LogP contribution in [-0.4, -0.2) is 32.2 Å². The molecule has 36 heavy (non-hydrogen) atoms. The lowest BCUT2D eigenvalue weighted by molar-refractivity contribution is -0.137. The lowest BCUT2D eigenvalue weighted by Crippen LogP contribution is -2.21. The van der Waals surface area contributed by atoms with Gasteiger partial charge in [0.05, 0.1) is 42.3 Å². The van der Waals surface area contributed by atoms with Gasteiger partial charge in [0.25, 0.3) is 11.8 Å². The Kier molecular flexibility index (Phi) is 8.79. The number of hydrogen-bond donors (Lipinski definition) is 2. The summed E-state index contributed by atoms with van der Waals surface area (Å²) in [6.07, 6.45) is -3.58. The molecule has 188 valence electrons. The van der Waals surface area contributed by atoms with Gasteiger partial charge in [-0.1, -0.05) is 17.7 Å². The van der Waals surface area contributed by atoms with Crippen LogP contribution in [0.5, 0.6) is 11.5 Å². The van der Waals surface area contributed by atoms with Crippen LogP contribution in [-0.2, 0) is 6.18 Å². The van der Waals surface area contributed by atoms with E-state index in [2.05, 4.69) is 15.8 Å². The number of carbonyl (C=O) groups excluding carboxylic acids is 2. The molecule has 0 aliphatic carbocycles. The first-order chi connectivity index (χ1) is 17.0. The van der Waals surface area contributed by atoms with Crippen LogP contribution in [0, 0.1) is 3.57 Å². The third-order valence-electron chi connectivity index (χ3n) is 4.80. The van der Waals surface area contributed by atoms with E-state index in [1.54, 1.807) is 18.2 Å². The second-order valence-electron chi connectivity index (χ2n) is 7.15. The minimum absolute atomic E-state index is 0.0802. The number of rotatable bonds is 7. The van der Waals surface area contributed by atoms with Gasteiger partial charge in [0, 0.05) is 9.13 Å². The van der Waals surface area contributed by atoms with Gasteiger partial charge in [-0.25, -0.2) is 5.43 Å². The third kappa shape index (κ3) is 6.66. The van der Waals surface area contributed by atoms with E-state index in [1.807, 2.05) is 22.6 Å². The molecular weight excluding hydrogens is 614 g/mol. The summed E-state index contributed by atoms with van der Waals surface area (Å²) in [4.78, 5) is 25.6. The van der Waals surface area contributed by atoms with Gasteiger partial charge in [0.1, 0.15) is 0 Å². The molecule has 0 aromatic heterocycles. The van der Waals surface area contributed by atoms with Gasteiger partial charge >= 0.3 is 6.18 Å². The molecule has 0 radical (unpaired) electrons. The molecule has 3 rings (SSSR count). The molecule has 2 amide bonds. The molecule has 0 atom stereocenters. The molecule has 12 heteroatoms. The van der Waals surface area contributed by atoms with Crippen LogP contribution in [0.15, 0.2) is 59.7 Å². The summed E-state index contributed by atoms with van der Waals surface area (Å²) >= 11 is 7.61. The molecule has 0 aliphatic rings. The highest BCUT2D eigenvalue weighted by molar-refractivity contribution is 14.1. The molecule has 0 saturated heterocycles. The van der Waals surface area contributed by atoms with Crippen LogP contribution < -0.4 is 20.2 Å². The van der Waals surface area contributed by atoms with E-state index in [0.29, 0.717) is 15.1 Å². The topological polar surface area (TPSA) is 89.0 Å². The molecule has 0 saturated carbocycles. The fourth-order valence-corrected chi connectivity index (χ4v) is 3.77. The van der Waals surface area contributed by atoms with Crippen LogP contribution in [0.25, 0.3) is 0 Å². The SMILES string of the molecule is COc1ccc(C(=O)Nc2ccc(I)cc2C(=O)N/N=C/c2ccc(Cl)c(C(F)(F)F)c2)cc1OC. The highest BCUT2D eigenvalue weighted by Gasteiger charge is 2.33. The molecule has 0 heterocycles. The number of carbonyl (C=O) groups is 2. The Morgan fingerprint density at radius 3 is 2.36 bits per heavy atom. The Balaban J connectivity index is 1.79. The second-order valence-corrected chi connectivity index (χ2v) is 8.80. The zero-order valence-electron chi connectivity index (χ0n) is 18.7. The first kappa shape index (κ1) is 27.3. The monoisotopic (exact) mass is 631 g/mol. The molecule has 0 spiro atoms. The Morgan fingerprint density at radius 2 is 1.69 bits per heavy atom. The van der Waals surface area contributed by atoms with Crippen LogP contribution in [0.2, 0.25) is 5.02 Å². The van der Waals surface area contributed by atoms with E-state index >= 15 is 0 Å². The van der Waals surface area contributed by atoms with Crippen molar-refractivity contribution in [3.63, 3.8) is 0 Å². The fourth-order valence-electron chi connectivity index (χ4n) is 3.05. The maximum absolute atomic E-state index is 13.0. The van der Waals surface area contributed by atoms with Crippen LogP contribution in [0.1, 0.15) is 31.8 Å². The van der Waals surface area contributed by atoms with Crippen molar-refractivity contribution >= 4 is 57.9 Å². The molecule has 3 aromatic rings. The minimum atomic E-state index is -4.63. The number of anilines is 1. The van der Waals surface area contributed by atoms with Gasteiger partial charge in [-0.15, -0.1) is 0 Å². The van der Waals surface area contributed by atoms with Crippen molar-refractivity contribution in [2.75, 3.05) is 19.5 Å². The van der Waals surface area contributed by atoms with Gasteiger partial charge < -0.3 is 14.8 Å². The average Bonchev–Trinajstić information content (AvgIpc) is 2.84. The van der Waals surface area contributed by atoms with Crippen LogP contribution in [0.4, 0.5) is 18.9 Å². The number of hydrogen-bond acceptors (Lipinski definition) is 5. The summed E-state index contributed by atoms with van der Waals surface area (Å²) in [5.41, 5.74) is 1.89. The summed E-state index contributed by atoms with van der Waals surface area (Å²) in [6.45, 7) is 0. The largest absolute Gasteiger partial charge is 0.493 e. The number of benzene rings is 3. The molecule has 0 fully saturated rings. The normalized spacial score (nSPS) is 11.3. The molecule has 2 N–H and O–H groups in total. The lowest BCUT2D eigenvalue weighted by Gasteiger charge is -2.12. The van der Waals surface area contributed by atoms with Crippen molar-refractivity contribution in [2.45, 2.75) is 6.18 Å². The van der Waals surface area contributed by atoms with Crippen molar-refractivity contribution in [3.8, 4) is 11.5 Å². The zero-order valence-corrected chi connectivity index (χ0v) is 21.7. The Labute approximate surface area is 222 Å². The number of hydrazone groups is 1. The molecule has 0 aliphatic heterocycles. The number of methoxy groups -OCH3 is 2. The summed E-state index contributed by atoms with van der Waals surface area (Å²) in [7, 11) is 2.91. The van der Waals surface area contributed by atoms with Crippen molar-refractivity contribution in [2.24, 2.45) is 5.10 Å². The van der Waals surface area contributed by atoms with E-state index < -0.39 is 28.6 Å². The summed E-state index contributed by atoms with van der Waals surface area (Å²) < 4.78 is 50.2. The molecule has 0 unspecified atom stereocenters. The van der Waals surface area contributed by atoms with Crippen molar-refractivity contribution in [1.82, 2.24) is 5.43 Å². The summed E-state index contributed by atoms with van der Waals surface area (Å²) in [6, 6.07) is 12.6. The van der Waals surface area contributed by atoms with Crippen LogP contribution in [0.3, 0.4) is 0 Å². The number of nitrogens with zero attached hydrogens (tertiary/aromatic N) is 1. The first-order valence-electron chi connectivity index (χ1n) is 10.1. The van der Waals surface area contributed by atoms with E-state index in [-0.39, 0.29) is 22.4 Å². The molecule has 7 nitrogen and oxygen atoms in total. The van der Waals surface area contributed by atoms with Crippen molar-refractivity contribution in [1.29, 1.82) is 0 Å². The number of ether oxygens (including phenoxy) is 2. The van der Waals surface area contributed by atoms with Gasteiger partial charge in [-0.05, 0) is 76.7 Å². The van der Waals surface area contributed by atoms with E-state index in [9.17, 15) is 22.8 Å². The lowest BCUT2D eigenvalue weighted by atomic mass is 10.1. The smallest absolute Gasteiger partial charge is 0.417 e. The number of halogens is 5. The van der Waals surface area contributed by atoms with Gasteiger partial charge in [0.2, 0.25) is 0 Å². The Hall–Kier alpha value is -3.32. The quantitative estimate of drug-likeness (QED) is 0.190. The number of amides is 2. The van der Waals surface area contributed by atoms with Gasteiger partial charge in [-0.3, -0.25) is 9.59 Å². The fraction of sp³-hybridized carbons (Fsp3) is 0.125. The van der Waals surface area contributed by atoms with Crippen molar-refractivity contribution in [3.05, 3.63) is 85.4 Å². The highest BCUT2D eigenvalue weighted by Crippen LogP contribution is 2.35. The predicted molar refractivity (Wildman–Crippen MR) is 138 cm³/mol. The summed E-state index contributed by atoms with van der Waals surface area (Å²) in [5, 5.41) is 5.96. The maximum Gasteiger partial charge on any atom is 0.417 e. The van der Waals surface area contributed by atoms with Crippen LogP contribution >= 0.6 is 34.2 Å². The third-order valence-corrected chi connectivity index (χ3v) is 5.80. The van der Waals surface area contributed by atoms with Crippen molar-refractivity contribution < 1.29 is 32.2 Å². The molecular formula is C24H18ClF3IN3O4. The number of nitrogens with one attached hydrogen (secondary N) is 2.